The Bertz CT molecular complexity index is 886. The molecule has 5 heteroatoms. The van der Waals surface area contributed by atoms with Gasteiger partial charge >= 0.3 is 11.3 Å². The maximum Gasteiger partial charge on any atom is 0.368 e. The molecule has 1 aliphatic heterocycles. The van der Waals surface area contributed by atoms with Crippen LogP contribution in [0.2, 0.25) is 0 Å². The maximum absolute atomic E-state index is 6.08. The van der Waals surface area contributed by atoms with Gasteiger partial charge in [0.2, 0.25) is 6.79 Å². The summed E-state index contributed by atoms with van der Waals surface area (Å²) in [6, 6.07) is 13.3. The SMILES string of the molecule is CCOc1cc(-c2ccc(OC)cc2)[o+]c2cc3c(cc12)OCO3. The van der Waals surface area contributed by atoms with Crippen LogP contribution in [0.25, 0.3) is 22.3 Å². The molecule has 0 spiro atoms. The average molecular weight is 325 g/mol. The van der Waals surface area contributed by atoms with Crippen LogP contribution < -0.4 is 18.9 Å². The van der Waals surface area contributed by atoms with Gasteiger partial charge in [-0.1, -0.05) is 0 Å². The minimum atomic E-state index is 0.223. The van der Waals surface area contributed by atoms with Crippen molar-refractivity contribution in [2.75, 3.05) is 20.5 Å². The van der Waals surface area contributed by atoms with Gasteiger partial charge in [0, 0.05) is 6.07 Å². The van der Waals surface area contributed by atoms with E-state index in [0.717, 1.165) is 22.4 Å². The third-order valence-corrected chi connectivity index (χ3v) is 3.90. The van der Waals surface area contributed by atoms with Crippen molar-refractivity contribution in [2.45, 2.75) is 6.92 Å². The van der Waals surface area contributed by atoms with E-state index in [2.05, 4.69) is 0 Å². The van der Waals surface area contributed by atoms with Gasteiger partial charge in [-0.05, 0) is 31.2 Å². The smallest absolute Gasteiger partial charge is 0.368 e. The number of ether oxygens (including phenoxy) is 4. The average Bonchev–Trinajstić information content (AvgIpc) is 3.07. The fourth-order valence-electron chi connectivity index (χ4n) is 2.72. The van der Waals surface area contributed by atoms with E-state index < -0.39 is 0 Å². The van der Waals surface area contributed by atoms with Crippen molar-refractivity contribution in [3.8, 4) is 34.3 Å². The van der Waals surface area contributed by atoms with Crippen LogP contribution in [-0.4, -0.2) is 20.5 Å². The normalized spacial score (nSPS) is 12.4. The molecule has 0 unspecified atom stereocenters. The molecule has 122 valence electrons. The molecule has 5 nitrogen and oxygen atoms in total. The standard InChI is InChI=1S/C19H17O5/c1-3-21-16-9-15(12-4-6-13(20-2)7-5-12)24-17-10-19-18(8-14(16)17)22-11-23-19/h4-10H,3,11H2,1-2H3/q+1. The fourth-order valence-corrected chi connectivity index (χ4v) is 2.72. The first-order valence-corrected chi connectivity index (χ1v) is 7.76. The third-order valence-electron chi connectivity index (χ3n) is 3.90. The number of rotatable bonds is 4. The van der Waals surface area contributed by atoms with Gasteiger partial charge < -0.3 is 18.9 Å². The van der Waals surface area contributed by atoms with Crippen LogP contribution in [-0.2, 0) is 0 Å². The molecule has 4 rings (SSSR count). The Morgan fingerprint density at radius 1 is 1.04 bits per heavy atom. The highest BCUT2D eigenvalue weighted by molar-refractivity contribution is 5.88. The van der Waals surface area contributed by atoms with Gasteiger partial charge in [-0.25, -0.2) is 4.42 Å². The lowest BCUT2D eigenvalue weighted by Gasteiger charge is -2.05. The molecule has 2 aromatic carbocycles. The first-order valence-electron chi connectivity index (χ1n) is 7.76. The summed E-state index contributed by atoms with van der Waals surface area (Å²) in [5.74, 6) is 3.65. The number of hydrogen-bond acceptors (Lipinski definition) is 4. The van der Waals surface area contributed by atoms with E-state index in [1.54, 1.807) is 7.11 Å². The maximum atomic E-state index is 6.08. The van der Waals surface area contributed by atoms with Gasteiger partial charge in [0.05, 0.1) is 31.4 Å². The summed E-state index contributed by atoms with van der Waals surface area (Å²) < 4.78 is 28.0. The van der Waals surface area contributed by atoms with Gasteiger partial charge in [-0.2, -0.15) is 0 Å². The second-order valence-corrected chi connectivity index (χ2v) is 5.34. The van der Waals surface area contributed by atoms with Gasteiger partial charge in [-0.3, -0.25) is 0 Å². The van der Waals surface area contributed by atoms with Crippen molar-refractivity contribution in [3.63, 3.8) is 0 Å². The third kappa shape index (κ3) is 2.48. The van der Waals surface area contributed by atoms with Crippen LogP contribution in [0, 0.1) is 0 Å². The van der Waals surface area contributed by atoms with E-state index in [1.807, 2.05) is 49.4 Å². The van der Waals surface area contributed by atoms with Crippen LogP contribution in [0.4, 0.5) is 0 Å². The molecule has 2 heterocycles. The van der Waals surface area contributed by atoms with E-state index in [4.69, 9.17) is 23.4 Å². The Balaban J connectivity index is 1.88. The molecule has 24 heavy (non-hydrogen) atoms. The van der Waals surface area contributed by atoms with E-state index in [9.17, 15) is 0 Å². The molecule has 0 aliphatic carbocycles. The van der Waals surface area contributed by atoms with Crippen molar-refractivity contribution in [3.05, 3.63) is 42.5 Å². The second kappa shape index (κ2) is 5.92. The molecule has 0 fully saturated rings. The van der Waals surface area contributed by atoms with Crippen molar-refractivity contribution < 1.29 is 23.4 Å². The summed E-state index contributed by atoms with van der Waals surface area (Å²) in [4.78, 5) is 0. The zero-order valence-corrected chi connectivity index (χ0v) is 13.5. The molecule has 0 saturated heterocycles. The predicted molar refractivity (Wildman–Crippen MR) is 89.9 cm³/mol. The van der Waals surface area contributed by atoms with Gasteiger partial charge in [0.25, 0.3) is 0 Å². The Hall–Kier alpha value is -2.95. The molecular formula is C19H17O5+. The molecule has 3 aromatic rings. The minimum Gasteiger partial charge on any atom is -0.497 e. The Morgan fingerprint density at radius 2 is 1.79 bits per heavy atom. The van der Waals surface area contributed by atoms with E-state index in [1.165, 1.54) is 0 Å². The van der Waals surface area contributed by atoms with Crippen LogP contribution in [0.5, 0.6) is 23.0 Å². The highest BCUT2D eigenvalue weighted by Gasteiger charge is 2.25. The largest absolute Gasteiger partial charge is 0.497 e. The van der Waals surface area contributed by atoms with Crippen LogP contribution in [0.15, 0.2) is 46.9 Å². The fraction of sp³-hybridized carbons (Fsp3) is 0.211. The van der Waals surface area contributed by atoms with Gasteiger partial charge in [-0.15, -0.1) is 0 Å². The number of fused-ring (bicyclic) bond motifs is 2. The van der Waals surface area contributed by atoms with Crippen molar-refractivity contribution in [1.29, 1.82) is 0 Å². The molecule has 1 aliphatic rings. The predicted octanol–water partition coefficient (Wildman–Crippen LogP) is 4.52. The highest BCUT2D eigenvalue weighted by Crippen LogP contribution is 2.41. The lowest BCUT2D eigenvalue weighted by Crippen LogP contribution is -1.94. The molecule has 0 N–H and O–H groups in total. The summed E-state index contributed by atoms with van der Waals surface area (Å²) in [6.07, 6.45) is 0. The van der Waals surface area contributed by atoms with E-state index in [-0.39, 0.29) is 6.79 Å². The molecule has 0 atom stereocenters. The van der Waals surface area contributed by atoms with Crippen molar-refractivity contribution >= 4 is 11.0 Å². The minimum absolute atomic E-state index is 0.223. The van der Waals surface area contributed by atoms with Gasteiger partial charge in [0.1, 0.15) is 16.9 Å². The molecule has 0 amide bonds. The monoisotopic (exact) mass is 325 g/mol. The summed E-state index contributed by atoms with van der Waals surface area (Å²) in [7, 11) is 1.64. The van der Waals surface area contributed by atoms with E-state index >= 15 is 0 Å². The summed E-state index contributed by atoms with van der Waals surface area (Å²) in [5.41, 5.74) is 1.63. The van der Waals surface area contributed by atoms with E-state index in [0.29, 0.717) is 29.4 Å². The Morgan fingerprint density at radius 3 is 2.50 bits per heavy atom. The van der Waals surface area contributed by atoms with Gasteiger partial charge in [0.15, 0.2) is 11.5 Å². The lowest BCUT2D eigenvalue weighted by atomic mass is 10.1. The number of hydrogen-bond donors (Lipinski definition) is 0. The molecule has 0 saturated carbocycles. The number of methoxy groups -OCH3 is 1. The highest BCUT2D eigenvalue weighted by atomic mass is 16.7. The Kier molecular flexibility index (Phi) is 3.61. The first kappa shape index (κ1) is 14.6. The second-order valence-electron chi connectivity index (χ2n) is 5.34. The quantitative estimate of drug-likeness (QED) is 0.660. The summed E-state index contributed by atoms with van der Waals surface area (Å²) in [5, 5.41) is 0.860. The lowest BCUT2D eigenvalue weighted by molar-refractivity contribution is 0.174. The van der Waals surface area contributed by atoms with Crippen LogP contribution in [0.3, 0.4) is 0 Å². The molecule has 1 aromatic heterocycles. The zero-order chi connectivity index (χ0) is 16.5. The first-order chi connectivity index (χ1) is 11.8. The summed E-state index contributed by atoms with van der Waals surface area (Å²) in [6.45, 7) is 2.74. The molecule has 0 radical (unpaired) electrons. The molecule has 0 bridgehead atoms. The summed E-state index contributed by atoms with van der Waals surface area (Å²) >= 11 is 0. The molecular weight excluding hydrogens is 308 g/mol. The topological polar surface area (TPSA) is 48.2 Å². The Labute approximate surface area is 139 Å². The van der Waals surface area contributed by atoms with Crippen molar-refractivity contribution in [1.82, 2.24) is 0 Å². The van der Waals surface area contributed by atoms with Crippen LogP contribution in [0.1, 0.15) is 6.92 Å². The van der Waals surface area contributed by atoms with Crippen LogP contribution >= 0.6 is 0 Å². The number of benzene rings is 2. The zero-order valence-electron chi connectivity index (χ0n) is 13.5. The van der Waals surface area contributed by atoms with Crippen molar-refractivity contribution in [2.24, 2.45) is 0 Å².